The third-order valence-electron chi connectivity index (χ3n) is 4.38. The fourth-order valence-corrected chi connectivity index (χ4v) is 2.99. The van der Waals surface area contributed by atoms with E-state index in [0.29, 0.717) is 41.2 Å². The Morgan fingerprint density at radius 2 is 1.69 bits per heavy atom. The number of esters is 1. The number of ether oxygens (including phenoxy) is 3. The fraction of sp³-hybridized carbons (Fsp3) is 0.318. The van der Waals surface area contributed by atoms with Crippen molar-refractivity contribution in [3.05, 3.63) is 64.1 Å². The van der Waals surface area contributed by atoms with Crippen molar-refractivity contribution in [2.24, 2.45) is 0 Å². The van der Waals surface area contributed by atoms with Crippen molar-refractivity contribution in [1.29, 1.82) is 0 Å². The van der Waals surface area contributed by atoms with Gasteiger partial charge in [0.05, 0.1) is 23.2 Å². The van der Waals surface area contributed by atoms with Gasteiger partial charge in [-0.25, -0.2) is 9.78 Å². The summed E-state index contributed by atoms with van der Waals surface area (Å²) in [7, 11) is 0. The van der Waals surface area contributed by atoms with Crippen LogP contribution < -0.4 is 15.0 Å². The van der Waals surface area contributed by atoms with Gasteiger partial charge in [-0.15, -0.1) is 0 Å². The summed E-state index contributed by atoms with van der Waals surface area (Å²) in [6.07, 6.45) is 0. The average molecular weight is 396 g/mol. The van der Waals surface area contributed by atoms with Crippen molar-refractivity contribution in [3.8, 4) is 11.5 Å². The van der Waals surface area contributed by atoms with Gasteiger partial charge in [-0.3, -0.25) is 4.79 Å². The van der Waals surface area contributed by atoms with Crippen LogP contribution in [0, 0.1) is 6.92 Å². The molecule has 0 amide bonds. The summed E-state index contributed by atoms with van der Waals surface area (Å²) in [4.78, 5) is 28.8. The fourth-order valence-electron chi connectivity index (χ4n) is 2.99. The Balaban J connectivity index is 1.60. The molecule has 0 aliphatic rings. The highest BCUT2D eigenvalue weighted by atomic mass is 16.6. The summed E-state index contributed by atoms with van der Waals surface area (Å²) in [5.74, 6) is 0.989. The Morgan fingerprint density at radius 1 is 1.00 bits per heavy atom. The molecule has 2 aromatic carbocycles. The lowest BCUT2D eigenvalue weighted by atomic mass is 10.2. The summed E-state index contributed by atoms with van der Waals surface area (Å²) >= 11 is 0. The number of hydrogen-bond acceptors (Lipinski definition) is 6. The minimum atomic E-state index is -0.462. The van der Waals surface area contributed by atoms with Gasteiger partial charge in [0.2, 0.25) is 0 Å². The Kier molecular flexibility index (Phi) is 6.49. The van der Waals surface area contributed by atoms with E-state index in [1.54, 1.807) is 41.8 Å². The summed E-state index contributed by atoms with van der Waals surface area (Å²) in [6, 6.07) is 12.3. The topological polar surface area (TPSA) is 79.7 Å². The number of benzene rings is 2. The van der Waals surface area contributed by atoms with Crippen molar-refractivity contribution in [1.82, 2.24) is 9.55 Å². The molecule has 0 spiro atoms. The van der Waals surface area contributed by atoms with Crippen molar-refractivity contribution in [2.75, 3.05) is 19.8 Å². The van der Waals surface area contributed by atoms with Crippen LogP contribution in [-0.4, -0.2) is 35.3 Å². The molecule has 0 saturated heterocycles. The van der Waals surface area contributed by atoms with Crippen LogP contribution in [0.5, 0.6) is 11.5 Å². The molecule has 7 heteroatoms. The largest absolute Gasteiger partial charge is 0.494 e. The van der Waals surface area contributed by atoms with Gasteiger partial charge in [-0.1, -0.05) is 0 Å². The molecule has 1 aromatic heterocycles. The predicted molar refractivity (Wildman–Crippen MR) is 110 cm³/mol. The van der Waals surface area contributed by atoms with E-state index in [9.17, 15) is 9.59 Å². The highest BCUT2D eigenvalue weighted by Crippen LogP contribution is 2.18. The minimum absolute atomic E-state index is 0.116. The number of nitrogens with zero attached hydrogens (tertiary/aromatic N) is 2. The van der Waals surface area contributed by atoms with E-state index in [4.69, 9.17) is 14.2 Å². The second-order valence-corrected chi connectivity index (χ2v) is 6.34. The molecule has 0 bridgehead atoms. The molecule has 7 nitrogen and oxygen atoms in total. The van der Waals surface area contributed by atoms with E-state index in [2.05, 4.69) is 4.98 Å². The standard InChI is InChI=1S/C22H24N2O5/c1-4-24-20-11-6-16(14-19(20)23-15(3)21(24)25)22(26)29-13-12-28-18-9-7-17(8-10-18)27-5-2/h6-11,14H,4-5,12-13H2,1-3H3. The number of carbonyl (C=O) groups excluding carboxylic acids is 1. The molecule has 0 aliphatic carbocycles. The lowest BCUT2D eigenvalue weighted by molar-refractivity contribution is 0.0450. The molecule has 0 unspecified atom stereocenters. The van der Waals surface area contributed by atoms with E-state index < -0.39 is 5.97 Å². The second kappa shape index (κ2) is 9.23. The molecule has 0 aliphatic heterocycles. The van der Waals surface area contributed by atoms with Gasteiger partial charge in [-0.05, 0) is 63.2 Å². The van der Waals surface area contributed by atoms with Crippen LogP contribution in [0.15, 0.2) is 47.3 Å². The number of rotatable bonds is 8. The molecule has 0 saturated carbocycles. The first-order valence-electron chi connectivity index (χ1n) is 9.57. The minimum Gasteiger partial charge on any atom is -0.494 e. The number of carbonyl (C=O) groups is 1. The van der Waals surface area contributed by atoms with Crippen LogP contribution in [0.2, 0.25) is 0 Å². The lowest BCUT2D eigenvalue weighted by Crippen LogP contribution is -2.23. The smallest absolute Gasteiger partial charge is 0.338 e. The molecule has 0 radical (unpaired) electrons. The van der Waals surface area contributed by atoms with Crippen LogP contribution in [0.25, 0.3) is 11.0 Å². The first-order valence-corrected chi connectivity index (χ1v) is 9.57. The zero-order valence-electron chi connectivity index (χ0n) is 16.8. The van der Waals surface area contributed by atoms with E-state index in [1.165, 1.54) is 0 Å². The van der Waals surface area contributed by atoms with E-state index in [1.807, 2.05) is 26.0 Å². The summed E-state index contributed by atoms with van der Waals surface area (Å²) in [6.45, 7) is 6.98. The molecule has 0 atom stereocenters. The molecular weight excluding hydrogens is 372 g/mol. The number of aromatic nitrogens is 2. The van der Waals surface area contributed by atoms with Gasteiger partial charge in [-0.2, -0.15) is 0 Å². The Bertz CT molecular complexity index is 1060. The van der Waals surface area contributed by atoms with Crippen LogP contribution in [0.4, 0.5) is 0 Å². The second-order valence-electron chi connectivity index (χ2n) is 6.34. The third kappa shape index (κ3) is 4.74. The van der Waals surface area contributed by atoms with E-state index in [0.717, 1.165) is 5.75 Å². The first kappa shape index (κ1) is 20.4. The van der Waals surface area contributed by atoms with Crippen LogP contribution in [0.1, 0.15) is 29.9 Å². The van der Waals surface area contributed by atoms with Gasteiger partial charge < -0.3 is 18.8 Å². The van der Waals surface area contributed by atoms with Crippen LogP contribution >= 0.6 is 0 Å². The number of fused-ring (bicyclic) bond motifs is 1. The zero-order valence-corrected chi connectivity index (χ0v) is 16.8. The maximum atomic E-state index is 12.3. The SMILES string of the molecule is CCOc1ccc(OCCOC(=O)c2ccc3c(c2)nc(C)c(=O)n3CC)cc1. The van der Waals surface area contributed by atoms with Gasteiger partial charge >= 0.3 is 5.97 Å². The molecule has 152 valence electrons. The Morgan fingerprint density at radius 3 is 2.34 bits per heavy atom. The molecule has 1 heterocycles. The van der Waals surface area contributed by atoms with Crippen molar-refractivity contribution in [2.45, 2.75) is 27.3 Å². The highest BCUT2D eigenvalue weighted by Gasteiger charge is 2.12. The van der Waals surface area contributed by atoms with E-state index in [-0.39, 0.29) is 18.8 Å². The van der Waals surface area contributed by atoms with Gasteiger partial charge in [0, 0.05) is 6.54 Å². The molecule has 3 aromatic rings. The Hall–Kier alpha value is -3.35. The number of aryl methyl sites for hydroxylation is 2. The van der Waals surface area contributed by atoms with E-state index >= 15 is 0 Å². The van der Waals surface area contributed by atoms with Gasteiger partial charge in [0.25, 0.3) is 5.56 Å². The maximum Gasteiger partial charge on any atom is 0.338 e. The number of hydrogen-bond donors (Lipinski definition) is 0. The molecule has 29 heavy (non-hydrogen) atoms. The predicted octanol–water partition coefficient (Wildman–Crippen LogP) is 3.36. The summed E-state index contributed by atoms with van der Waals surface area (Å²) < 4.78 is 17.9. The monoisotopic (exact) mass is 396 g/mol. The molecule has 0 N–H and O–H groups in total. The molecular formula is C22H24N2O5. The zero-order chi connectivity index (χ0) is 20.8. The van der Waals surface area contributed by atoms with Gasteiger partial charge in [0.15, 0.2) is 0 Å². The molecule has 3 rings (SSSR count). The van der Waals surface area contributed by atoms with Gasteiger partial charge in [0.1, 0.15) is 30.4 Å². The van der Waals surface area contributed by atoms with Crippen molar-refractivity contribution < 1.29 is 19.0 Å². The van der Waals surface area contributed by atoms with Crippen LogP contribution in [-0.2, 0) is 11.3 Å². The Labute approximate surface area is 168 Å². The van der Waals surface area contributed by atoms with Crippen molar-refractivity contribution >= 4 is 17.0 Å². The summed E-state index contributed by atoms with van der Waals surface area (Å²) in [5, 5.41) is 0. The molecule has 0 fully saturated rings. The quantitative estimate of drug-likeness (QED) is 0.429. The van der Waals surface area contributed by atoms with Crippen molar-refractivity contribution in [3.63, 3.8) is 0 Å². The first-order chi connectivity index (χ1) is 14.0. The average Bonchev–Trinajstić information content (AvgIpc) is 2.73. The summed E-state index contributed by atoms with van der Waals surface area (Å²) in [5.41, 5.74) is 1.93. The highest BCUT2D eigenvalue weighted by molar-refractivity contribution is 5.93. The normalized spacial score (nSPS) is 10.7. The lowest BCUT2D eigenvalue weighted by Gasteiger charge is -2.11. The van der Waals surface area contributed by atoms with Crippen LogP contribution in [0.3, 0.4) is 0 Å². The third-order valence-corrected chi connectivity index (χ3v) is 4.38. The maximum absolute atomic E-state index is 12.3.